The molecule has 0 saturated carbocycles. The van der Waals surface area contributed by atoms with Crippen LogP contribution in [0.5, 0.6) is 0 Å². The molecule has 0 N–H and O–H groups in total. The van der Waals surface area contributed by atoms with Crippen LogP contribution in [-0.4, -0.2) is 42.8 Å². The second-order valence-electron chi connectivity index (χ2n) is 1.70. The van der Waals surface area contributed by atoms with Crippen molar-refractivity contribution in [1.82, 2.24) is 0 Å². The molecule has 0 aromatic heterocycles. The van der Waals surface area contributed by atoms with E-state index < -0.39 is 15.1 Å². The minimum atomic E-state index is -1.89. The van der Waals surface area contributed by atoms with Gasteiger partial charge in [-0.05, 0) is 6.92 Å². The first-order valence-corrected chi connectivity index (χ1v) is 4.39. The van der Waals surface area contributed by atoms with E-state index in [0.29, 0.717) is 0 Å². The molecule has 0 spiro atoms. The molecule has 5 heteroatoms. The highest BCUT2D eigenvalue weighted by Gasteiger charge is 2.29. The Hall–Kier alpha value is 0.372. The molecule has 60 valence electrons. The van der Waals surface area contributed by atoms with Crippen LogP contribution < -0.4 is 0 Å². The molecule has 0 heterocycles. The van der Waals surface area contributed by atoms with Crippen LogP contribution in [0.1, 0.15) is 6.92 Å². The summed E-state index contributed by atoms with van der Waals surface area (Å²) in [6.45, 7) is 1.79. The molecule has 10 heavy (non-hydrogen) atoms. The topological polar surface area (TPSA) is 36.9 Å². The number of methoxy groups -OCH3 is 1. The fourth-order valence-corrected chi connectivity index (χ4v) is 1.26. The lowest BCUT2D eigenvalue weighted by atomic mass is 10.8. The van der Waals surface area contributed by atoms with E-state index in [-0.39, 0.29) is 6.29 Å². The maximum Gasteiger partial charge on any atom is 0.907 e. The second-order valence-corrected chi connectivity index (χ2v) is 3.49. The Morgan fingerprint density at radius 1 is 1.10 bits per heavy atom. The molecular weight excluding hydrogens is 151 g/mol. The summed E-state index contributed by atoms with van der Waals surface area (Å²) >= 11 is -1.89. The van der Waals surface area contributed by atoms with E-state index >= 15 is 0 Å². The van der Waals surface area contributed by atoms with Crippen molar-refractivity contribution < 1.29 is 16.1 Å². The van der Waals surface area contributed by atoms with Gasteiger partial charge >= 0.3 is 15.1 Å². The van der Waals surface area contributed by atoms with Crippen LogP contribution in [0, 0.1) is 0 Å². The first-order chi connectivity index (χ1) is 4.74. The predicted octanol–water partition coefficient (Wildman–Crippen LogP) is 0.273. The van der Waals surface area contributed by atoms with Gasteiger partial charge in [0, 0.05) is 21.3 Å². The first-order valence-electron chi connectivity index (χ1n) is 2.98. The summed E-state index contributed by atoms with van der Waals surface area (Å²) in [5.74, 6) is 0. The summed E-state index contributed by atoms with van der Waals surface area (Å²) in [4.78, 5) is 0. The molecule has 1 unspecified atom stereocenters. The average Bonchev–Trinajstić information content (AvgIpc) is 1.99. The summed E-state index contributed by atoms with van der Waals surface area (Å²) in [5, 5.41) is 0. The van der Waals surface area contributed by atoms with Gasteiger partial charge in [-0.3, -0.25) is 0 Å². The van der Waals surface area contributed by atoms with Crippen LogP contribution in [-0.2, 0) is 16.1 Å². The lowest BCUT2D eigenvalue weighted by Gasteiger charge is -2.13. The summed E-state index contributed by atoms with van der Waals surface area (Å²) in [6.07, 6.45) is -0.253. The fraction of sp³-hybridized carbons (Fsp3) is 1.00. The van der Waals surface area contributed by atoms with Gasteiger partial charge < -0.3 is 16.1 Å². The van der Waals surface area contributed by atoms with Crippen molar-refractivity contribution in [2.24, 2.45) is 0 Å². The molecule has 0 aliphatic heterocycles. The molecule has 4 nitrogen and oxygen atoms in total. The van der Waals surface area contributed by atoms with E-state index in [9.17, 15) is 0 Å². The Morgan fingerprint density at radius 3 is 1.90 bits per heavy atom. The van der Waals surface area contributed by atoms with Crippen molar-refractivity contribution in [1.29, 1.82) is 0 Å². The molecule has 0 radical (unpaired) electrons. The van der Waals surface area contributed by atoms with Gasteiger partial charge in [0.15, 0.2) is 0 Å². The van der Waals surface area contributed by atoms with Gasteiger partial charge in [0.2, 0.25) is 0 Å². The second kappa shape index (κ2) is 6.11. The summed E-state index contributed by atoms with van der Waals surface area (Å²) in [5.41, 5.74) is 0. The third kappa shape index (κ3) is 4.23. The summed E-state index contributed by atoms with van der Waals surface area (Å²) in [7, 11) is 4.69. The van der Waals surface area contributed by atoms with Gasteiger partial charge in [0.1, 0.15) is 6.29 Å². The van der Waals surface area contributed by atoms with Crippen LogP contribution in [0.15, 0.2) is 0 Å². The zero-order valence-electron chi connectivity index (χ0n) is 6.79. The van der Waals surface area contributed by atoms with Crippen LogP contribution in [0.4, 0.5) is 0 Å². The van der Waals surface area contributed by atoms with Crippen LogP contribution in [0.2, 0.25) is 0 Å². The molecule has 0 aromatic carbocycles. The van der Waals surface area contributed by atoms with E-state index in [1.54, 1.807) is 28.3 Å². The van der Waals surface area contributed by atoms with Crippen molar-refractivity contribution in [2.45, 2.75) is 13.2 Å². The highest BCUT2D eigenvalue weighted by atomic mass is 27.3. The van der Waals surface area contributed by atoms with E-state index in [2.05, 4.69) is 0 Å². The third-order valence-corrected chi connectivity index (χ3v) is 2.39. The van der Waals surface area contributed by atoms with E-state index in [4.69, 9.17) is 16.1 Å². The smallest absolute Gasteiger partial charge is 0.457 e. The average molecular weight is 164 g/mol. The number of ether oxygens (including phenoxy) is 1. The quantitative estimate of drug-likeness (QED) is 0.432. The zero-order chi connectivity index (χ0) is 7.98. The lowest BCUT2D eigenvalue weighted by Crippen LogP contribution is -2.29. The standard InChI is InChI=1S/C3H7O2.2CH3O.Al/c1-3(4)5-2;2*1-2;/h3H,1-2H3;2*1H3;/q3*-1;+3. The lowest BCUT2D eigenvalue weighted by molar-refractivity contribution is -0.0702. The van der Waals surface area contributed by atoms with Gasteiger partial charge in [-0.15, -0.1) is 0 Å². The minimum Gasteiger partial charge on any atom is -0.457 e. The molecule has 0 saturated heterocycles. The fourth-order valence-electron chi connectivity index (χ4n) is 0.419. The van der Waals surface area contributed by atoms with Crippen LogP contribution in [0.25, 0.3) is 0 Å². The van der Waals surface area contributed by atoms with Gasteiger partial charge in [-0.2, -0.15) is 0 Å². The van der Waals surface area contributed by atoms with Gasteiger partial charge in [-0.25, -0.2) is 0 Å². The molecule has 0 fully saturated rings. The molecule has 1 atom stereocenters. The normalized spacial score (nSPS) is 13.2. The Bertz CT molecular complexity index is 76.0. The highest BCUT2D eigenvalue weighted by Crippen LogP contribution is 1.95. The highest BCUT2D eigenvalue weighted by molar-refractivity contribution is 6.36. The van der Waals surface area contributed by atoms with Crippen molar-refractivity contribution in [2.75, 3.05) is 21.3 Å². The maximum atomic E-state index is 5.17. The van der Waals surface area contributed by atoms with Crippen molar-refractivity contribution in [3.8, 4) is 0 Å². The molecule has 0 aromatic rings. The Labute approximate surface area is 66.4 Å². The SMILES string of the molecule is COC(C)[O][Al]([O]C)[O]C. The van der Waals surface area contributed by atoms with Crippen LogP contribution >= 0.6 is 0 Å². The van der Waals surface area contributed by atoms with Gasteiger partial charge in [-0.1, -0.05) is 0 Å². The predicted molar refractivity (Wildman–Crippen MR) is 37.3 cm³/mol. The van der Waals surface area contributed by atoms with E-state index in [1.807, 2.05) is 0 Å². The third-order valence-electron chi connectivity index (χ3n) is 1.02. The molecule has 0 bridgehead atoms. The monoisotopic (exact) mass is 164 g/mol. The van der Waals surface area contributed by atoms with Crippen molar-refractivity contribution in [3.05, 3.63) is 0 Å². The van der Waals surface area contributed by atoms with E-state index in [0.717, 1.165) is 0 Å². The Kier molecular flexibility index (Phi) is 6.33. The van der Waals surface area contributed by atoms with E-state index in [1.165, 1.54) is 0 Å². The maximum absolute atomic E-state index is 5.17. The number of hydrogen-bond donors (Lipinski definition) is 0. The van der Waals surface area contributed by atoms with Crippen LogP contribution in [0.3, 0.4) is 0 Å². The first kappa shape index (κ1) is 10.4. The molecule has 0 amide bonds. The molecular formula is C5H13AlO4. The molecule has 0 aliphatic carbocycles. The summed E-state index contributed by atoms with van der Waals surface area (Å²) < 4.78 is 19.8. The largest absolute Gasteiger partial charge is 0.907 e. The summed E-state index contributed by atoms with van der Waals surface area (Å²) in [6, 6.07) is 0. The zero-order valence-corrected chi connectivity index (χ0v) is 7.94. The minimum absolute atomic E-state index is 0.253. The molecule has 0 rings (SSSR count). The number of hydrogen-bond acceptors (Lipinski definition) is 4. The Morgan fingerprint density at radius 2 is 1.60 bits per heavy atom. The number of rotatable bonds is 5. The van der Waals surface area contributed by atoms with Crippen molar-refractivity contribution >= 4 is 15.1 Å². The molecule has 0 aliphatic rings. The Balaban J connectivity index is 3.41. The van der Waals surface area contributed by atoms with Gasteiger partial charge in [0.25, 0.3) is 0 Å². The van der Waals surface area contributed by atoms with Crippen molar-refractivity contribution in [3.63, 3.8) is 0 Å². The van der Waals surface area contributed by atoms with Gasteiger partial charge in [0.05, 0.1) is 0 Å².